The van der Waals surface area contributed by atoms with Crippen molar-refractivity contribution in [2.24, 2.45) is 0 Å². The third-order valence-electron chi connectivity index (χ3n) is 3.09. The van der Waals surface area contributed by atoms with Crippen molar-refractivity contribution in [2.75, 3.05) is 5.73 Å². The molecule has 0 aliphatic carbocycles. The zero-order chi connectivity index (χ0) is 13.9. The van der Waals surface area contributed by atoms with Crippen molar-refractivity contribution >= 4 is 16.6 Å². The molecule has 3 aromatic rings. The molecule has 0 bridgehead atoms. The summed E-state index contributed by atoms with van der Waals surface area (Å²) in [5, 5.41) is 1.04. The summed E-state index contributed by atoms with van der Waals surface area (Å²) in [5.41, 5.74) is 7.95. The van der Waals surface area contributed by atoms with Gasteiger partial charge in [-0.15, -0.1) is 0 Å². The lowest BCUT2D eigenvalue weighted by Gasteiger charge is -2.10. The van der Waals surface area contributed by atoms with Gasteiger partial charge in [-0.2, -0.15) is 0 Å². The molecule has 0 fully saturated rings. The lowest BCUT2D eigenvalue weighted by molar-refractivity contribution is 0.309. The minimum atomic E-state index is -0.371. The highest BCUT2D eigenvalue weighted by Crippen LogP contribution is 2.24. The van der Waals surface area contributed by atoms with Crippen LogP contribution in [0.2, 0.25) is 0 Å². The monoisotopic (exact) mass is 268 g/mol. The Kier molecular flexibility index (Phi) is 3.21. The molecule has 3 nitrogen and oxygen atoms in total. The fourth-order valence-electron chi connectivity index (χ4n) is 2.09. The second-order valence-electron chi connectivity index (χ2n) is 4.46. The van der Waals surface area contributed by atoms with Crippen LogP contribution in [0.1, 0.15) is 5.56 Å². The molecular weight excluding hydrogens is 255 g/mol. The Morgan fingerprint density at radius 2 is 1.95 bits per heavy atom. The van der Waals surface area contributed by atoms with Crippen LogP contribution in [-0.4, -0.2) is 4.98 Å². The molecule has 0 aliphatic rings. The predicted octanol–water partition coefficient (Wildman–Crippen LogP) is 3.54. The first kappa shape index (κ1) is 12.4. The summed E-state index contributed by atoms with van der Waals surface area (Å²) in [6.07, 6.45) is 1.75. The van der Waals surface area contributed by atoms with Crippen LogP contribution in [0.5, 0.6) is 5.75 Å². The first-order valence-electron chi connectivity index (χ1n) is 6.24. The number of halogens is 1. The quantitative estimate of drug-likeness (QED) is 0.739. The van der Waals surface area contributed by atoms with E-state index in [0.717, 1.165) is 16.5 Å². The second kappa shape index (κ2) is 5.17. The van der Waals surface area contributed by atoms with Gasteiger partial charge in [0.25, 0.3) is 0 Å². The van der Waals surface area contributed by atoms with Gasteiger partial charge in [-0.25, -0.2) is 4.39 Å². The molecule has 1 aromatic heterocycles. The number of benzene rings is 2. The summed E-state index contributed by atoms with van der Waals surface area (Å²) in [5.74, 6) is 0.108. The summed E-state index contributed by atoms with van der Waals surface area (Å²) in [7, 11) is 0. The summed E-state index contributed by atoms with van der Waals surface area (Å²) in [4.78, 5) is 4.30. The zero-order valence-electron chi connectivity index (χ0n) is 10.7. The van der Waals surface area contributed by atoms with Crippen molar-refractivity contribution in [3.8, 4) is 5.75 Å². The predicted molar refractivity (Wildman–Crippen MR) is 76.9 cm³/mol. The van der Waals surface area contributed by atoms with Gasteiger partial charge in [0.1, 0.15) is 18.2 Å². The molecule has 0 saturated heterocycles. The van der Waals surface area contributed by atoms with Gasteiger partial charge in [0, 0.05) is 23.2 Å². The van der Waals surface area contributed by atoms with Crippen molar-refractivity contribution in [3.05, 3.63) is 66.1 Å². The van der Waals surface area contributed by atoms with E-state index in [1.807, 2.05) is 30.3 Å². The topological polar surface area (TPSA) is 48.1 Å². The Morgan fingerprint density at radius 3 is 2.80 bits per heavy atom. The highest BCUT2D eigenvalue weighted by Gasteiger charge is 2.05. The number of fused-ring (bicyclic) bond motifs is 1. The van der Waals surface area contributed by atoms with E-state index in [9.17, 15) is 4.39 Å². The third kappa shape index (κ3) is 2.40. The maximum absolute atomic E-state index is 13.0. The molecule has 1 heterocycles. The van der Waals surface area contributed by atoms with Crippen LogP contribution in [0.3, 0.4) is 0 Å². The van der Waals surface area contributed by atoms with E-state index in [-0.39, 0.29) is 5.82 Å². The van der Waals surface area contributed by atoms with Gasteiger partial charge in [0.05, 0.1) is 11.2 Å². The number of nitrogens with zero attached hydrogens (tertiary/aromatic N) is 1. The maximum atomic E-state index is 13.0. The Labute approximate surface area is 115 Å². The van der Waals surface area contributed by atoms with Crippen LogP contribution in [0.25, 0.3) is 10.9 Å². The molecule has 100 valence electrons. The van der Waals surface area contributed by atoms with E-state index in [1.54, 1.807) is 6.20 Å². The number of ether oxygens (including phenoxy) is 1. The minimum absolute atomic E-state index is 0.295. The lowest BCUT2D eigenvalue weighted by atomic mass is 10.1. The van der Waals surface area contributed by atoms with Crippen LogP contribution in [-0.2, 0) is 6.61 Å². The van der Waals surface area contributed by atoms with Crippen LogP contribution in [0.4, 0.5) is 10.1 Å². The third-order valence-corrected chi connectivity index (χ3v) is 3.09. The number of hydrogen-bond acceptors (Lipinski definition) is 3. The van der Waals surface area contributed by atoms with Gasteiger partial charge in [-0.05, 0) is 24.3 Å². The van der Waals surface area contributed by atoms with Crippen LogP contribution >= 0.6 is 0 Å². The van der Waals surface area contributed by atoms with Crippen LogP contribution in [0, 0.1) is 5.82 Å². The summed E-state index contributed by atoms with van der Waals surface area (Å²) >= 11 is 0. The molecule has 0 atom stereocenters. The number of para-hydroxylation sites is 1. The fraction of sp³-hybridized carbons (Fsp3) is 0.0625. The van der Waals surface area contributed by atoms with Crippen molar-refractivity contribution in [1.29, 1.82) is 0 Å². The number of aromatic nitrogens is 1. The lowest BCUT2D eigenvalue weighted by Crippen LogP contribution is -2.00. The smallest absolute Gasteiger partial charge is 0.142 e. The van der Waals surface area contributed by atoms with Crippen molar-refractivity contribution in [3.63, 3.8) is 0 Å². The fourth-order valence-corrected chi connectivity index (χ4v) is 2.09. The first-order chi connectivity index (χ1) is 9.74. The Morgan fingerprint density at radius 1 is 1.10 bits per heavy atom. The van der Waals surface area contributed by atoms with Crippen molar-refractivity contribution in [2.45, 2.75) is 6.61 Å². The number of rotatable bonds is 3. The van der Waals surface area contributed by atoms with E-state index in [1.165, 1.54) is 18.2 Å². The van der Waals surface area contributed by atoms with Gasteiger partial charge in [0.2, 0.25) is 0 Å². The van der Waals surface area contributed by atoms with Gasteiger partial charge in [-0.3, -0.25) is 4.98 Å². The van der Waals surface area contributed by atoms with Crippen molar-refractivity contribution < 1.29 is 9.13 Å². The van der Waals surface area contributed by atoms with E-state index < -0.39 is 0 Å². The molecule has 2 aromatic carbocycles. The SMILES string of the molecule is Nc1cc(F)ccc1OCc1ccnc2ccccc12. The molecule has 0 saturated carbocycles. The molecule has 0 unspecified atom stereocenters. The zero-order valence-corrected chi connectivity index (χ0v) is 10.7. The molecule has 0 amide bonds. The van der Waals surface area contributed by atoms with Gasteiger partial charge >= 0.3 is 0 Å². The first-order valence-corrected chi connectivity index (χ1v) is 6.24. The standard InChI is InChI=1S/C16H13FN2O/c17-12-5-6-16(14(18)9-12)20-10-11-7-8-19-15-4-2-1-3-13(11)15/h1-9H,10,18H2. The van der Waals surface area contributed by atoms with Crippen LogP contribution in [0.15, 0.2) is 54.7 Å². The number of nitrogens with two attached hydrogens (primary N) is 1. The molecule has 2 N–H and O–H groups in total. The Bertz CT molecular complexity index is 753. The number of anilines is 1. The molecule has 20 heavy (non-hydrogen) atoms. The summed E-state index contributed by atoms with van der Waals surface area (Å²) in [6, 6.07) is 13.9. The summed E-state index contributed by atoms with van der Waals surface area (Å²) in [6.45, 7) is 0.360. The van der Waals surface area contributed by atoms with Crippen molar-refractivity contribution in [1.82, 2.24) is 4.98 Å². The average molecular weight is 268 g/mol. The van der Waals surface area contributed by atoms with Gasteiger partial charge in [-0.1, -0.05) is 18.2 Å². The van der Waals surface area contributed by atoms with E-state index in [2.05, 4.69) is 4.98 Å². The normalized spacial score (nSPS) is 10.7. The van der Waals surface area contributed by atoms with E-state index in [0.29, 0.717) is 18.0 Å². The highest BCUT2D eigenvalue weighted by molar-refractivity contribution is 5.81. The van der Waals surface area contributed by atoms with Crippen LogP contribution < -0.4 is 10.5 Å². The highest BCUT2D eigenvalue weighted by atomic mass is 19.1. The number of hydrogen-bond donors (Lipinski definition) is 1. The minimum Gasteiger partial charge on any atom is -0.487 e. The molecule has 0 spiro atoms. The molecular formula is C16H13FN2O. The Balaban J connectivity index is 1.87. The van der Waals surface area contributed by atoms with E-state index >= 15 is 0 Å². The molecule has 3 rings (SSSR count). The average Bonchev–Trinajstić information content (AvgIpc) is 2.46. The molecule has 4 heteroatoms. The molecule has 0 radical (unpaired) electrons. The number of nitrogen functional groups attached to an aromatic ring is 1. The largest absolute Gasteiger partial charge is 0.487 e. The second-order valence-corrected chi connectivity index (χ2v) is 4.46. The van der Waals surface area contributed by atoms with E-state index in [4.69, 9.17) is 10.5 Å². The summed E-state index contributed by atoms with van der Waals surface area (Å²) < 4.78 is 18.6. The molecule has 0 aliphatic heterocycles. The van der Waals surface area contributed by atoms with Gasteiger partial charge in [0.15, 0.2) is 0 Å². The van der Waals surface area contributed by atoms with Gasteiger partial charge < -0.3 is 10.5 Å². The number of pyridine rings is 1. The maximum Gasteiger partial charge on any atom is 0.142 e. The Hall–Kier alpha value is -2.62.